The Balaban J connectivity index is 3.09. The molecule has 0 aliphatic carbocycles. The van der Waals surface area contributed by atoms with Gasteiger partial charge in [-0.25, -0.2) is 13.4 Å². The van der Waals surface area contributed by atoms with E-state index in [-0.39, 0.29) is 23.3 Å². The van der Waals surface area contributed by atoms with Crippen molar-refractivity contribution in [3.05, 3.63) is 6.33 Å². The van der Waals surface area contributed by atoms with Crippen molar-refractivity contribution in [2.75, 3.05) is 19.3 Å². The first-order valence-electron chi connectivity index (χ1n) is 4.93. The molecule has 0 amide bonds. The van der Waals surface area contributed by atoms with Crippen LogP contribution in [0.5, 0.6) is 0 Å². The van der Waals surface area contributed by atoms with Crippen molar-refractivity contribution in [1.82, 2.24) is 13.9 Å². The van der Waals surface area contributed by atoms with Crippen molar-refractivity contribution in [2.24, 2.45) is 13.0 Å². The highest BCUT2D eigenvalue weighted by atomic mass is 32.2. The van der Waals surface area contributed by atoms with Crippen LogP contribution >= 0.6 is 0 Å². The number of nitrogen functional groups attached to an aromatic ring is 1. The van der Waals surface area contributed by atoms with Gasteiger partial charge in [0.15, 0.2) is 10.8 Å². The molecule has 1 aromatic rings. The van der Waals surface area contributed by atoms with Crippen LogP contribution in [-0.4, -0.2) is 35.9 Å². The number of anilines is 1. The summed E-state index contributed by atoms with van der Waals surface area (Å²) in [6.07, 6.45) is 1.34. The smallest absolute Gasteiger partial charge is 0.262 e. The maximum Gasteiger partial charge on any atom is 0.262 e. The van der Waals surface area contributed by atoms with Gasteiger partial charge >= 0.3 is 0 Å². The van der Waals surface area contributed by atoms with E-state index >= 15 is 0 Å². The lowest BCUT2D eigenvalue weighted by atomic mass is 10.2. The average Bonchev–Trinajstić information content (AvgIpc) is 2.58. The van der Waals surface area contributed by atoms with Crippen LogP contribution in [0, 0.1) is 17.2 Å². The molecule has 1 rings (SSSR count). The number of nitrogens with two attached hydrogens (primary N) is 1. The van der Waals surface area contributed by atoms with Crippen molar-refractivity contribution in [2.45, 2.75) is 11.9 Å². The third-order valence-corrected chi connectivity index (χ3v) is 4.27. The molecule has 94 valence electrons. The number of aromatic nitrogens is 2. The Morgan fingerprint density at radius 2 is 2.29 bits per heavy atom. The number of hydrogen-bond donors (Lipinski definition) is 1. The third kappa shape index (κ3) is 2.57. The monoisotopic (exact) mass is 257 g/mol. The van der Waals surface area contributed by atoms with Crippen LogP contribution in [0.3, 0.4) is 0 Å². The van der Waals surface area contributed by atoms with E-state index in [2.05, 4.69) is 4.98 Å². The Hall–Kier alpha value is -1.59. The minimum absolute atomic E-state index is 0.0380. The number of imidazole rings is 1. The van der Waals surface area contributed by atoms with Crippen molar-refractivity contribution in [3.63, 3.8) is 0 Å². The lowest BCUT2D eigenvalue weighted by Gasteiger charge is -2.18. The largest absolute Gasteiger partial charge is 0.381 e. The molecule has 17 heavy (non-hydrogen) atoms. The van der Waals surface area contributed by atoms with Gasteiger partial charge in [0.05, 0.1) is 18.3 Å². The minimum atomic E-state index is -3.70. The maximum absolute atomic E-state index is 12.2. The van der Waals surface area contributed by atoms with E-state index in [1.54, 1.807) is 14.0 Å². The molecule has 0 aromatic carbocycles. The summed E-state index contributed by atoms with van der Waals surface area (Å²) in [5.41, 5.74) is 5.53. The van der Waals surface area contributed by atoms with Gasteiger partial charge in [-0.1, -0.05) is 0 Å². The SMILES string of the molecule is CC(C#N)CN(C)S(=O)(=O)c1c(N)ncn1C. The number of sulfonamides is 1. The van der Waals surface area contributed by atoms with Crippen LogP contribution in [0.15, 0.2) is 11.4 Å². The molecule has 1 aromatic heterocycles. The fraction of sp³-hybridized carbons (Fsp3) is 0.556. The third-order valence-electron chi connectivity index (χ3n) is 2.32. The second-order valence-electron chi connectivity index (χ2n) is 3.86. The number of aryl methyl sites for hydroxylation is 1. The van der Waals surface area contributed by atoms with E-state index < -0.39 is 10.0 Å². The summed E-state index contributed by atoms with van der Waals surface area (Å²) in [6, 6.07) is 1.98. The Morgan fingerprint density at radius 1 is 1.71 bits per heavy atom. The van der Waals surface area contributed by atoms with Crippen molar-refractivity contribution in [3.8, 4) is 6.07 Å². The average molecular weight is 257 g/mol. The van der Waals surface area contributed by atoms with E-state index in [4.69, 9.17) is 11.0 Å². The second kappa shape index (κ2) is 4.73. The van der Waals surface area contributed by atoms with Gasteiger partial charge in [-0.05, 0) is 6.92 Å². The number of nitriles is 1. The Kier molecular flexibility index (Phi) is 3.75. The van der Waals surface area contributed by atoms with Crippen molar-refractivity contribution in [1.29, 1.82) is 5.26 Å². The number of nitrogens with zero attached hydrogens (tertiary/aromatic N) is 4. The van der Waals surface area contributed by atoms with Crippen LogP contribution in [0.1, 0.15) is 6.92 Å². The van der Waals surface area contributed by atoms with Crippen LogP contribution in [0.25, 0.3) is 0 Å². The van der Waals surface area contributed by atoms with E-state index in [1.807, 2.05) is 6.07 Å². The van der Waals surface area contributed by atoms with Crippen LogP contribution in [0.4, 0.5) is 5.82 Å². The van der Waals surface area contributed by atoms with Gasteiger partial charge in [0.25, 0.3) is 10.0 Å². The van der Waals surface area contributed by atoms with Gasteiger partial charge < -0.3 is 10.3 Å². The molecule has 0 bridgehead atoms. The van der Waals surface area contributed by atoms with Gasteiger partial charge in [0, 0.05) is 20.6 Å². The Labute approximate surface area is 101 Å². The van der Waals surface area contributed by atoms with E-state index in [1.165, 1.54) is 17.9 Å². The highest BCUT2D eigenvalue weighted by Gasteiger charge is 2.28. The minimum Gasteiger partial charge on any atom is -0.381 e. The molecule has 0 aliphatic heterocycles. The second-order valence-corrected chi connectivity index (χ2v) is 5.82. The van der Waals surface area contributed by atoms with Gasteiger partial charge in [-0.3, -0.25) is 0 Å². The van der Waals surface area contributed by atoms with E-state index in [0.29, 0.717) is 0 Å². The summed E-state index contributed by atoms with van der Waals surface area (Å²) >= 11 is 0. The highest BCUT2D eigenvalue weighted by Crippen LogP contribution is 2.20. The molecule has 0 radical (unpaired) electrons. The zero-order chi connectivity index (χ0) is 13.2. The zero-order valence-electron chi connectivity index (χ0n) is 9.95. The summed E-state index contributed by atoms with van der Waals surface area (Å²) in [5.74, 6) is -0.423. The summed E-state index contributed by atoms with van der Waals surface area (Å²) in [6.45, 7) is 1.77. The molecule has 1 heterocycles. The Morgan fingerprint density at radius 3 is 2.71 bits per heavy atom. The molecule has 1 atom stereocenters. The van der Waals surface area contributed by atoms with E-state index in [9.17, 15) is 8.42 Å². The van der Waals surface area contributed by atoms with Gasteiger partial charge in [-0.15, -0.1) is 0 Å². The Bertz CT molecular complexity index is 523. The molecule has 0 saturated carbocycles. The molecule has 0 spiro atoms. The van der Waals surface area contributed by atoms with Crippen LogP contribution < -0.4 is 5.73 Å². The first-order valence-corrected chi connectivity index (χ1v) is 6.37. The lowest BCUT2D eigenvalue weighted by Crippen LogP contribution is -2.32. The zero-order valence-corrected chi connectivity index (χ0v) is 10.8. The summed E-state index contributed by atoms with van der Waals surface area (Å²) in [4.78, 5) is 3.73. The lowest BCUT2D eigenvalue weighted by molar-refractivity contribution is 0.435. The van der Waals surface area contributed by atoms with Crippen molar-refractivity contribution >= 4 is 15.8 Å². The molecule has 0 fully saturated rings. The molecule has 8 heteroatoms. The number of hydrogen-bond acceptors (Lipinski definition) is 5. The standard InChI is InChI=1S/C9H15N5O2S/c1-7(4-10)5-14(3)17(15,16)9-8(11)12-6-13(9)2/h6-7H,5,11H2,1-3H3. The molecule has 1 unspecified atom stereocenters. The summed E-state index contributed by atoms with van der Waals surface area (Å²) in [5, 5.41) is 8.62. The molecule has 0 saturated heterocycles. The van der Waals surface area contributed by atoms with Gasteiger partial charge in [0.1, 0.15) is 0 Å². The van der Waals surface area contributed by atoms with Gasteiger partial charge in [-0.2, -0.15) is 9.57 Å². The maximum atomic E-state index is 12.2. The predicted molar refractivity (Wildman–Crippen MR) is 62.2 cm³/mol. The van der Waals surface area contributed by atoms with Gasteiger partial charge in [0.2, 0.25) is 0 Å². The molecule has 0 aliphatic rings. The quantitative estimate of drug-likeness (QED) is 0.803. The molecular weight excluding hydrogens is 242 g/mol. The predicted octanol–water partition coefficient (Wildman–Crippen LogP) is -0.218. The first kappa shape index (κ1) is 13.5. The fourth-order valence-electron chi connectivity index (χ4n) is 1.42. The summed E-state index contributed by atoms with van der Waals surface area (Å²) < 4.78 is 26.8. The van der Waals surface area contributed by atoms with Crippen LogP contribution in [0.2, 0.25) is 0 Å². The van der Waals surface area contributed by atoms with Crippen molar-refractivity contribution < 1.29 is 8.42 Å². The van der Waals surface area contributed by atoms with Crippen LogP contribution in [-0.2, 0) is 17.1 Å². The molecule has 2 N–H and O–H groups in total. The molecular formula is C9H15N5O2S. The first-order chi connectivity index (χ1) is 7.80. The fourth-order valence-corrected chi connectivity index (χ4v) is 2.87. The topological polar surface area (TPSA) is 105 Å². The molecule has 7 nitrogen and oxygen atoms in total. The summed E-state index contributed by atoms with van der Waals surface area (Å²) in [7, 11) is -0.739. The highest BCUT2D eigenvalue weighted by molar-refractivity contribution is 7.89. The van der Waals surface area contributed by atoms with E-state index in [0.717, 1.165) is 4.31 Å². The number of rotatable bonds is 4. The normalized spacial score (nSPS) is 13.6.